The van der Waals surface area contributed by atoms with Crippen LogP contribution in [-0.4, -0.2) is 33.4 Å². The van der Waals surface area contributed by atoms with E-state index in [0.29, 0.717) is 10.5 Å². The molecule has 2 heterocycles. The molecule has 1 fully saturated rings. The van der Waals surface area contributed by atoms with Crippen LogP contribution in [0.2, 0.25) is 0 Å². The van der Waals surface area contributed by atoms with Gasteiger partial charge in [0.05, 0.1) is 0 Å². The molecule has 4 nitrogen and oxygen atoms in total. The van der Waals surface area contributed by atoms with Gasteiger partial charge in [-0.25, -0.2) is 0 Å². The molecule has 1 aromatic carbocycles. The molecule has 1 aliphatic rings. The third-order valence-corrected chi connectivity index (χ3v) is 3.95. The minimum Gasteiger partial charge on any atom is -0.337 e. The van der Waals surface area contributed by atoms with E-state index in [1.165, 1.54) is 6.42 Å². The molecule has 0 saturated carbocycles. The van der Waals surface area contributed by atoms with Gasteiger partial charge in [-0.05, 0) is 43.6 Å². The molecule has 1 saturated heterocycles. The molecule has 5 heteroatoms. The molecule has 1 aromatic heterocycles. The molecule has 0 bridgehead atoms. The summed E-state index contributed by atoms with van der Waals surface area (Å²) in [6, 6.07) is 9.75. The van der Waals surface area contributed by atoms with Gasteiger partial charge in [0.15, 0.2) is 4.77 Å². The molecule has 20 heavy (non-hydrogen) atoms. The Morgan fingerprint density at radius 1 is 1.10 bits per heavy atom. The van der Waals surface area contributed by atoms with Crippen LogP contribution in [0.15, 0.2) is 36.5 Å². The summed E-state index contributed by atoms with van der Waals surface area (Å²) < 4.78 is 2.36. The number of hydrogen-bond acceptors (Lipinski definition) is 2. The predicted molar refractivity (Wildman–Crippen MR) is 80.7 cm³/mol. The monoisotopic (exact) mass is 287 g/mol. The van der Waals surface area contributed by atoms with Crippen LogP contribution in [0.3, 0.4) is 0 Å². The number of likely N-dealkylation sites (tertiary alicyclic amines) is 1. The van der Waals surface area contributed by atoms with Crippen LogP contribution in [0.1, 0.15) is 29.8 Å². The first-order valence-electron chi connectivity index (χ1n) is 6.92. The van der Waals surface area contributed by atoms with Gasteiger partial charge in [0.1, 0.15) is 5.69 Å². The number of benzene rings is 1. The summed E-state index contributed by atoms with van der Waals surface area (Å²) in [6.45, 7) is 1.68. The maximum Gasteiger partial charge on any atom is 0.272 e. The molecule has 1 N–H and O–H groups in total. The Bertz CT molecular complexity index is 653. The maximum absolute atomic E-state index is 12.6. The zero-order valence-corrected chi connectivity index (χ0v) is 12.0. The van der Waals surface area contributed by atoms with Crippen molar-refractivity contribution in [2.45, 2.75) is 19.3 Å². The quantitative estimate of drug-likeness (QED) is 0.862. The molecule has 104 valence electrons. The van der Waals surface area contributed by atoms with Crippen molar-refractivity contribution in [2.75, 3.05) is 13.1 Å². The topological polar surface area (TPSA) is 41.0 Å². The number of rotatable bonds is 2. The summed E-state index contributed by atoms with van der Waals surface area (Å²) in [6.07, 6.45) is 5.10. The third-order valence-electron chi connectivity index (χ3n) is 3.65. The van der Waals surface area contributed by atoms with E-state index < -0.39 is 0 Å². The zero-order chi connectivity index (χ0) is 13.9. The Labute approximate surface area is 123 Å². The molecule has 1 aliphatic heterocycles. The summed E-state index contributed by atoms with van der Waals surface area (Å²) in [5.74, 6) is 0.0564. The number of nitrogens with one attached hydrogen (secondary N) is 1. The van der Waals surface area contributed by atoms with Gasteiger partial charge < -0.3 is 9.88 Å². The van der Waals surface area contributed by atoms with E-state index in [9.17, 15) is 4.79 Å². The Hall–Kier alpha value is -1.88. The molecule has 0 aliphatic carbocycles. The lowest BCUT2D eigenvalue weighted by Crippen LogP contribution is -2.36. The number of nitrogens with zero attached hydrogens (tertiary/aromatic N) is 2. The van der Waals surface area contributed by atoms with Gasteiger partial charge in [-0.1, -0.05) is 18.2 Å². The van der Waals surface area contributed by atoms with Crippen LogP contribution in [-0.2, 0) is 0 Å². The number of carbonyl (C=O) groups excluding carboxylic acids is 1. The molecule has 0 unspecified atom stereocenters. The van der Waals surface area contributed by atoms with Crippen molar-refractivity contribution in [3.63, 3.8) is 0 Å². The highest BCUT2D eigenvalue weighted by atomic mass is 32.1. The summed E-state index contributed by atoms with van der Waals surface area (Å²) in [7, 11) is 0. The van der Waals surface area contributed by atoms with E-state index >= 15 is 0 Å². The van der Waals surface area contributed by atoms with Crippen molar-refractivity contribution in [1.29, 1.82) is 0 Å². The highest BCUT2D eigenvalue weighted by molar-refractivity contribution is 7.71. The van der Waals surface area contributed by atoms with Crippen LogP contribution in [0.4, 0.5) is 0 Å². The van der Waals surface area contributed by atoms with E-state index in [2.05, 4.69) is 4.98 Å². The van der Waals surface area contributed by atoms with Crippen molar-refractivity contribution in [2.24, 2.45) is 0 Å². The summed E-state index contributed by atoms with van der Waals surface area (Å²) in [5.41, 5.74) is 1.53. The van der Waals surface area contributed by atoms with Gasteiger partial charge in [-0.3, -0.25) is 9.36 Å². The fourth-order valence-corrected chi connectivity index (χ4v) is 2.88. The zero-order valence-electron chi connectivity index (χ0n) is 11.2. The Morgan fingerprint density at radius 3 is 2.50 bits per heavy atom. The van der Waals surface area contributed by atoms with Crippen LogP contribution in [0.5, 0.6) is 0 Å². The standard InChI is InChI=1S/C15H17N3OS/c19-14(17-9-5-2-6-10-17)13-11-16-15(20)18(13)12-7-3-1-4-8-12/h1,3-4,7-8,11H,2,5-6,9-10H2,(H,16,20). The number of hydrogen-bond donors (Lipinski definition) is 1. The second-order valence-electron chi connectivity index (χ2n) is 5.00. The largest absolute Gasteiger partial charge is 0.337 e. The SMILES string of the molecule is O=C(c1c[nH]c(=S)n1-c1ccccc1)N1CCCCC1. The van der Waals surface area contributed by atoms with Crippen LogP contribution >= 0.6 is 12.2 Å². The minimum atomic E-state index is 0.0564. The molecule has 1 amide bonds. The molecule has 3 rings (SSSR count). The number of para-hydroxylation sites is 1. The number of piperidine rings is 1. The first kappa shape index (κ1) is 13.1. The normalized spacial score (nSPS) is 15.3. The molecular formula is C15H17N3OS. The Balaban J connectivity index is 1.98. The van der Waals surface area contributed by atoms with E-state index in [-0.39, 0.29) is 5.91 Å². The number of H-pyrrole nitrogens is 1. The molecule has 0 radical (unpaired) electrons. The smallest absolute Gasteiger partial charge is 0.272 e. The highest BCUT2D eigenvalue weighted by Gasteiger charge is 2.22. The fraction of sp³-hybridized carbons (Fsp3) is 0.333. The van der Waals surface area contributed by atoms with Crippen molar-refractivity contribution < 1.29 is 4.79 Å². The predicted octanol–water partition coefficient (Wildman–Crippen LogP) is 3.16. The fourth-order valence-electron chi connectivity index (χ4n) is 2.62. The van der Waals surface area contributed by atoms with Crippen molar-refractivity contribution in [3.05, 3.63) is 47.0 Å². The maximum atomic E-state index is 12.6. The lowest BCUT2D eigenvalue weighted by atomic mass is 10.1. The van der Waals surface area contributed by atoms with Crippen LogP contribution in [0, 0.1) is 4.77 Å². The van der Waals surface area contributed by atoms with Gasteiger partial charge in [-0.15, -0.1) is 0 Å². The molecule has 0 atom stereocenters. The van der Waals surface area contributed by atoms with Crippen molar-refractivity contribution in [1.82, 2.24) is 14.5 Å². The Kier molecular flexibility index (Phi) is 3.69. The third kappa shape index (κ3) is 2.41. The second-order valence-corrected chi connectivity index (χ2v) is 5.39. The molecule has 0 spiro atoms. The number of amides is 1. The van der Waals surface area contributed by atoms with Crippen molar-refractivity contribution >= 4 is 18.1 Å². The van der Waals surface area contributed by atoms with Crippen molar-refractivity contribution in [3.8, 4) is 5.69 Å². The highest BCUT2D eigenvalue weighted by Crippen LogP contribution is 2.17. The average molecular weight is 287 g/mol. The number of aromatic nitrogens is 2. The first-order valence-corrected chi connectivity index (χ1v) is 7.33. The van der Waals surface area contributed by atoms with Gasteiger partial charge in [-0.2, -0.15) is 0 Å². The van der Waals surface area contributed by atoms with Gasteiger partial charge in [0, 0.05) is 25.0 Å². The number of imidazole rings is 1. The lowest BCUT2D eigenvalue weighted by molar-refractivity contribution is 0.0716. The Morgan fingerprint density at radius 2 is 1.80 bits per heavy atom. The summed E-state index contributed by atoms with van der Waals surface area (Å²) in [4.78, 5) is 17.5. The van der Waals surface area contributed by atoms with E-state index in [1.54, 1.807) is 6.20 Å². The lowest BCUT2D eigenvalue weighted by Gasteiger charge is -2.26. The van der Waals surface area contributed by atoms with E-state index in [1.807, 2.05) is 39.8 Å². The van der Waals surface area contributed by atoms with E-state index in [0.717, 1.165) is 31.6 Å². The van der Waals surface area contributed by atoms with Gasteiger partial charge >= 0.3 is 0 Å². The molecular weight excluding hydrogens is 270 g/mol. The number of aromatic amines is 1. The first-order chi connectivity index (χ1) is 9.77. The summed E-state index contributed by atoms with van der Waals surface area (Å²) >= 11 is 5.31. The van der Waals surface area contributed by atoms with Crippen LogP contribution < -0.4 is 0 Å². The second kappa shape index (κ2) is 5.63. The molecule has 2 aromatic rings. The summed E-state index contributed by atoms with van der Waals surface area (Å²) in [5, 5.41) is 0. The van der Waals surface area contributed by atoms with Gasteiger partial charge in [0.2, 0.25) is 0 Å². The van der Waals surface area contributed by atoms with E-state index in [4.69, 9.17) is 12.2 Å². The van der Waals surface area contributed by atoms with Gasteiger partial charge in [0.25, 0.3) is 5.91 Å². The van der Waals surface area contributed by atoms with Crippen LogP contribution in [0.25, 0.3) is 5.69 Å². The number of carbonyl (C=O) groups is 1. The minimum absolute atomic E-state index is 0.0564. The average Bonchev–Trinajstić information content (AvgIpc) is 2.90.